The number of oxazole rings is 1. The fourth-order valence-electron chi connectivity index (χ4n) is 1.64. The Morgan fingerprint density at radius 1 is 1.77 bits per heavy atom. The van der Waals surface area contributed by atoms with Crippen molar-refractivity contribution in [3.8, 4) is 0 Å². The van der Waals surface area contributed by atoms with E-state index in [1.807, 2.05) is 0 Å². The van der Waals surface area contributed by atoms with Crippen molar-refractivity contribution in [3.05, 3.63) is 18.4 Å². The van der Waals surface area contributed by atoms with E-state index in [0.29, 0.717) is 6.04 Å². The molecule has 72 valence electrons. The molecule has 1 saturated heterocycles. The first kappa shape index (κ1) is 8.72. The van der Waals surface area contributed by atoms with Gasteiger partial charge >= 0.3 is 0 Å². The summed E-state index contributed by atoms with van der Waals surface area (Å²) in [5, 5.41) is 3.36. The van der Waals surface area contributed by atoms with Crippen molar-refractivity contribution in [3.63, 3.8) is 0 Å². The number of nitrogens with zero attached hydrogens (tertiary/aromatic N) is 2. The van der Waals surface area contributed by atoms with Gasteiger partial charge in [-0.15, -0.1) is 0 Å². The van der Waals surface area contributed by atoms with Crippen LogP contribution in [0.15, 0.2) is 17.1 Å². The maximum Gasteiger partial charge on any atom is 0.180 e. The van der Waals surface area contributed by atoms with Crippen LogP contribution in [0.3, 0.4) is 0 Å². The average Bonchev–Trinajstić information content (AvgIpc) is 2.61. The molecule has 1 atom stereocenters. The van der Waals surface area contributed by atoms with Crippen LogP contribution in [0, 0.1) is 0 Å². The van der Waals surface area contributed by atoms with Crippen LogP contribution in [-0.4, -0.2) is 35.6 Å². The highest BCUT2D eigenvalue weighted by molar-refractivity contribution is 4.92. The Morgan fingerprint density at radius 2 is 2.69 bits per heavy atom. The summed E-state index contributed by atoms with van der Waals surface area (Å²) in [7, 11) is 0. The average molecular weight is 181 g/mol. The number of rotatable bonds is 2. The van der Waals surface area contributed by atoms with Gasteiger partial charge in [0.05, 0.1) is 5.69 Å². The molecule has 0 saturated carbocycles. The zero-order valence-corrected chi connectivity index (χ0v) is 7.86. The SMILES string of the molecule is C[C@H]1CNCCN1Cc1cocn1. The Hall–Kier alpha value is -0.870. The molecular formula is C9H15N3O. The van der Waals surface area contributed by atoms with E-state index in [2.05, 4.69) is 22.1 Å². The molecule has 0 unspecified atom stereocenters. The Balaban J connectivity index is 1.93. The van der Waals surface area contributed by atoms with E-state index in [-0.39, 0.29) is 0 Å². The quantitative estimate of drug-likeness (QED) is 0.720. The molecule has 4 nitrogen and oxygen atoms in total. The van der Waals surface area contributed by atoms with Gasteiger partial charge in [0.1, 0.15) is 6.26 Å². The minimum Gasteiger partial charge on any atom is -0.451 e. The molecule has 2 rings (SSSR count). The summed E-state index contributed by atoms with van der Waals surface area (Å²) >= 11 is 0. The van der Waals surface area contributed by atoms with Gasteiger partial charge in [-0.3, -0.25) is 4.90 Å². The molecule has 2 heterocycles. The van der Waals surface area contributed by atoms with Crippen molar-refractivity contribution >= 4 is 0 Å². The first-order chi connectivity index (χ1) is 6.36. The van der Waals surface area contributed by atoms with Crippen LogP contribution in [0.2, 0.25) is 0 Å². The fraction of sp³-hybridized carbons (Fsp3) is 0.667. The summed E-state index contributed by atoms with van der Waals surface area (Å²) in [4.78, 5) is 6.53. The molecule has 0 aliphatic carbocycles. The van der Waals surface area contributed by atoms with Gasteiger partial charge in [0.25, 0.3) is 0 Å². The van der Waals surface area contributed by atoms with Crippen LogP contribution >= 0.6 is 0 Å². The molecule has 1 aromatic rings. The van der Waals surface area contributed by atoms with Gasteiger partial charge in [0.2, 0.25) is 0 Å². The van der Waals surface area contributed by atoms with E-state index in [0.717, 1.165) is 31.9 Å². The third kappa shape index (κ3) is 2.08. The van der Waals surface area contributed by atoms with Gasteiger partial charge in [0, 0.05) is 32.2 Å². The highest BCUT2D eigenvalue weighted by atomic mass is 16.3. The Labute approximate surface area is 77.9 Å². The maximum atomic E-state index is 4.94. The van der Waals surface area contributed by atoms with E-state index in [1.165, 1.54) is 6.39 Å². The monoisotopic (exact) mass is 181 g/mol. The second-order valence-electron chi connectivity index (χ2n) is 3.50. The molecule has 1 N–H and O–H groups in total. The Morgan fingerprint density at radius 3 is 3.38 bits per heavy atom. The largest absolute Gasteiger partial charge is 0.451 e. The summed E-state index contributed by atoms with van der Waals surface area (Å²) in [6, 6.07) is 0.588. The predicted octanol–water partition coefficient (Wildman–Crippen LogP) is 0.468. The van der Waals surface area contributed by atoms with Crippen molar-refractivity contribution in [1.29, 1.82) is 0 Å². The van der Waals surface area contributed by atoms with Crippen molar-refractivity contribution in [2.75, 3.05) is 19.6 Å². The van der Waals surface area contributed by atoms with Crippen LogP contribution in [0.4, 0.5) is 0 Å². The van der Waals surface area contributed by atoms with E-state index in [9.17, 15) is 0 Å². The lowest BCUT2D eigenvalue weighted by atomic mass is 10.2. The number of hydrogen-bond donors (Lipinski definition) is 1. The first-order valence-corrected chi connectivity index (χ1v) is 4.68. The molecule has 0 bridgehead atoms. The van der Waals surface area contributed by atoms with Crippen molar-refractivity contribution < 1.29 is 4.42 Å². The summed E-state index contributed by atoms with van der Waals surface area (Å²) in [5.74, 6) is 0. The lowest BCUT2D eigenvalue weighted by Crippen LogP contribution is -2.49. The van der Waals surface area contributed by atoms with Gasteiger partial charge in [-0.2, -0.15) is 0 Å². The van der Waals surface area contributed by atoms with Gasteiger partial charge in [0.15, 0.2) is 6.39 Å². The second-order valence-corrected chi connectivity index (χ2v) is 3.50. The van der Waals surface area contributed by atoms with E-state index >= 15 is 0 Å². The molecule has 13 heavy (non-hydrogen) atoms. The van der Waals surface area contributed by atoms with Crippen molar-refractivity contribution in [1.82, 2.24) is 15.2 Å². The van der Waals surface area contributed by atoms with Crippen molar-refractivity contribution in [2.24, 2.45) is 0 Å². The lowest BCUT2D eigenvalue weighted by Gasteiger charge is -2.33. The first-order valence-electron chi connectivity index (χ1n) is 4.68. The Bertz CT molecular complexity index is 247. The third-order valence-electron chi connectivity index (χ3n) is 2.49. The minimum atomic E-state index is 0.588. The third-order valence-corrected chi connectivity index (χ3v) is 2.49. The zero-order valence-electron chi connectivity index (χ0n) is 7.86. The van der Waals surface area contributed by atoms with Crippen molar-refractivity contribution in [2.45, 2.75) is 19.5 Å². The summed E-state index contributed by atoms with van der Waals surface area (Å²) < 4.78 is 4.94. The minimum absolute atomic E-state index is 0.588. The molecule has 0 aromatic carbocycles. The van der Waals surface area contributed by atoms with E-state index in [4.69, 9.17) is 4.42 Å². The molecule has 4 heteroatoms. The summed E-state index contributed by atoms with van der Waals surface area (Å²) in [6.45, 7) is 6.36. The highest BCUT2D eigenvalue weighted by Crippen LogP contribution is 2.07. The molecule has 1 aliphatic heterocycles. The topological polar surface area (TPSA) is 41.3 Å². The molecule has 0 amide bonds. The number of hydrogen-bond acceptors (Lipinski definition) is 4. The zero-order chi connectivity index (χ0) is 9.10. The smallest absolute Gasteiger partial charge is 0.180 e. The molecule has 1 aliphatic rings. The number of piperazine rings is 1. The molecule has 0 spiro atoms. The summed E-state index contributed by atoms with van der Waals surface area (Å²) in [5.41, 5.74) is 1.02. The lowest BCUT2D eigenvalue weighted by molar-refractivity contribution is 0.163. The van der Waals surface area contributed by atoms with E-state index < -0.39 is 0 Å². The Kier molecular flexibility index (Phi) is 2.61. The van der Waals surface area contributed by atoms with Gasteiger partial charge in [-0.25, -0.2) is 4.98 Å². The van der Waals surface area contributed by atoms with Gasteiger partial charge < -0.3 is 9.73 Å². The number of aromatic nitrogens is 1. The molecule has 0 radical (unpaired) electrons. The van der Waals surface area contributed by atoms with E-state index in [1.54, 1.807) is 6.26 Å². The van der Waals surface area contributed by atoms with Crippen LogP contribution in [0.1, 0.15) is 12.6 Å². The van der Waals surface area contributed by atoms with Gasteiger partial charge in [-0.1, -0.05) is 0 Å². The van der Waals surface area contributed by atoms with Crippen LogP contribution < -0.4 is 5.32 Å². The fourth-order valence-corrected chi connectivity index (χ4v) is 1.64. The standard InChI is InChI=1S/C9H15N3O/c1-8-4-10-2-3-12(8)5-9-6-13-7-11-9/h6-8,10H,2-5H2,1H3/t8-/m0/s1. The second kappa shape index (κ2) is 3.89. The molecule has 1 aromatic heterocycles. The molecular weight excluding hydrogens is 166 g/mol. The normalized spacial score (nSPS) is 24.8. The number of nitrogens with one attached hydrogen (secondary N) is 1. The van der Waals surface area contributed by atoms with Gasteiger partial charge in [-0.05, 0) is 6.92 Å². The van der Waals surface area contributed by atoms with Crippen LogP contribution in [-0.2, 0) is 6.54 Å². The predicted molar refractivity (Wildman–Crippen MR) is 49.2 cm³/mol. The summed E-state index contributed by atoms with van der Waals surface area (Å²) in [6.07, 6.45) is 3.21. The highest BCUT2D eigenvalue weighted by Gasteiger charge is 2.18. The van der Waals surface area contributed by atoms with Crippen LogP contribution in [0.25, 0.3) is 0 Å². The van der Waals surface area contributed by atoms with Crippen LogP contribution in [0.5, 0.6) is 0 Å². The maximum absolute atomic E-state index is 4.94. The molecule has 1 fully saturated rings.